The van der Waals surface area contributed by atoms with Crippen molar-refractivity contribution in [2.24, 2.45) is 0 Å². The van der Waals surface area contributed by atoms with Crippen molar-refractivity contribution in [3.05, 3.63) is 35.6 Å². The number of aryl methyl sites for hydroxylation is 1. The molecule has 0 fully saturated rings. The highest BCUT2D eigenvalue weighted by atomic mass is 19.1. The summed E-state index contributed by atoms with van der Waals surface area (Å²) < 4.78 is 18.2. The van der Waals surface area contributed by atoms with E-state index in [0.717, 1.165) is 5.56 Å². The average Bonchev–Trinajstić information content (AvgIpc) is 2.67. The van der Waals surface area contributed by atoms with Crippen LogP contribution in [0.4, 0.5) is 9.18 Å². The lowest BCUT2D eigenvalue weighted by Crippen LogP contribution is -2.51. The third-order valence-corrected chi connectivity index (χ3v) is 4.20. The molecule has 0 aliphatic rings. The third kappa shape index (κ3) is 13.4. The number of ether oxygens (including phenoxy) is 1. The Bertz CT molecular complexity index is 844. The average molecular weight is 481 g/mol. The minimum Gasteiger partial charge on any atom is -0.444 e. The highest BCUT2D eigenvalue weighted by molar-refractivity contribution is 5.92. The minimum atomic E-state index is -1.09. The van der Waals surface area contributed by atoms with E-state index in [2.05, 4.69) is 21.3 Å². The normalized spacial score (nSPS) is 12.3. The van der Waals surface area contributed by atoms with E-state index in [1.54, 1.807) is 32.9 Å². The highest BCUT2D eigenvalue weighted by Crippen LogP contribution is 2.07. The molecule has 34 heavy (non-hydrogen) atoms. The van der Waals surface area contributed by atoms with Gasteiger partial charge in [0.25, 0.3) is 0 Å². The fraction of sp³-hybridized carbons (Fsp3) is 0.583. The number of carbonyl (C=O) groups is 4. The van der Waals surface area contributed by atoms with E-state index in [4.69, 9.17) is 4.74 Å². The van der Waals surface area contributed by atoms with Gasteiger partial charge in [0, 0.05) is 25.0 Å². The third-order valence-electron chi connectivity index (χ3n) is 4.20. The summed E-state index contributed by atoms with van der Waals surface area (Å²) in [7, 11) is 0. The molecule has 4 amide bonds. The van der Waals surface area contributed by atoms with Gasteiger partial charge < -0.3 is 26.0 Å². The van der Waals surface area contributed by atoms with Crippen molar-refractivity contribution in [2.45, 2.75) is 78.0 Å². The van der Waals surface area contributed by atoms with Crippen LogP contribution in [0.25, 0.3) is 0 Å². The van der Waals surface area contributed by atoms with Crippen LogP contribution in [0.1, 0.15) is 59.9 Å². The topological polar surface area (TPSA) is 126 Å². The Balaban J connectivity index is 2.64. The van der Waals surface area contributed by atoms with E-state index in [0.29, 0.717) is 6.42 Å². The largest absolute Gasteiger partial charge is 0.444 e. The molecule has 0 aliphatic carbocycles. The van der Waals surface area contributed by atoms with E-state index < -0.39 is 41.0 Å². The van der Waals surface area contributed by atoms with Gasteiger partial charge in [-0.3, -0.25) is 14.4 Å². The quantitative estimate of drug-likeness (QED) is 0.382. The van der Waals surface area contributed by atoms with Crippen LogP contribution < -0.4 is 21.3 Å². The van der Waals surface area contributed by atoms with E-state index in [1.165, 1.54) is 12.1 Å². The molecular formula is C24H37FN4O5. The van der Waals surface area contributed by atoms with Crippen molar-refractivity contribution >= 4 is 23.8 Å². The zero-order valence-electron chi connectivity index (χ0n) is 20.8. The zero-order chi connectivity index (χ0) is 25.9. The van der Waals surface area contributed by atoms with Crippen molar-refractivity contribution in [1.82, 2.24) is 21.3 Å². The molecule has 0 aliphatic heterocycles. The molecule has 10 heteroatoms. The van der Waals surface area contributed by atoms with Gasteiger partial charge in [0.2, 0.25) is 17.7 Å². The van der Waals surface area contributed by atoms with Gasteiger partial charge in [-0.1, -0.05) is 12.1 Å². The molecule has 0 spiro atoms. The molecule has 0 bridgehead atoms. The molecule has 0 saturated heterocycles. The first kappa shape index (κ1) is 28.9. The number of hydrogen-bond donors (Lipinski definition) is 4. The number of halogens is 1. The van der Waals surface area contributed by atoms with E-state index in [-0.39, 0.29) is 31.7 Å². The second-order valence-electron chi connectivity index (χ2n) is 9.97. The molecule has 1 aromatic carbocycles. The Kier molecular flexibility index (Phi) is 11.0. The maximum atomic E-state index is 13.0. The van der Waals surface area contributed by atoms with Crippen molar-refractivity contribution in [2.75, 3.05) is 13.1 Å². The number of nitrogens with one attached hydrogen (secondary N) is 4. The molecule has 1 aromatic rings. The van der Waals surface area contributed by atoms with Crippen LogP contribution in [0, 0.1) is 5.82 Å². The van der Waals surface area contributed by atoms with E-state index in [1.807, 2.05) is 20.8 Å². The van der Waals surface area contributed by atoms with Crippen molar-refractivity contribution in [3.63, 3.8) is 0 Å². The summed E-state index contributed by atoms with van der Waals surface area (Å²) in [6.45, 7) is 10.8. The van der Waals surface area contributed by atoms with Gasteiger partial charge in [0.15, 0.2) is 0 Å². The summed E-state index contributed by atoms with van der Waals surface area (Å²) in [5, 5.41) is 10.5. The van der Waals surface area contributed by atoms with Crippen LogP contribution >= 0.6 is 0 Å². The minimum absolute atomic E-state index is 0.0660. The van der Waals surface area contributed by atoms with E-state index >= 15 is 0 Å². The monoisotopic (exact) mass is 480 g/mol. The van der Waals surface area contributed by atoms with Crippen LogP contribution in [0.15, 0.2) is 24.3 Å². The Morgan fingerprint density at radius 1 is 0.912 bits per heavy atom. The van der Waals surface area contributed by atoms with Crippen LogP contribution in [0.5, 0.6) is 0 Å². The maximum absolute atomic E-state index is 13.0. The SMILES string of the molecule is CC(C)(C)NC(=O)C[C@H](NC(=O)CCc1ccc(F)cc1)C(=O)NCCNC(=O)OC(C)(C)C. The van der Waals surface area contributed by atoms with Gasteiger partial charge in [0.05, 0.1) is 6.42 Å². The fourth-order valence-electron chi connectivity index (χ4n) is 2.83. The molecule has 9 nitrogen and oxygen atoms in total. The first-order chi connectivity index (χ1) is 15.6. The van der Waals surface area contributed by atoms with Gasteiger partial charge in [-0.15, -0.1) is 0 Å². The van der Waals surface area contributed by atoms with Gasteiger partial charge in [0.1, 0.15) is 17.5 Å². The lowest BCUT2D eigenvalue weighted by atomic mass is 10.1. The number of rotatable bonds is 10. The number of amides is 4. The number of carbonyl (C=O) groups excluding carboxylic acids is 4. The van der Waals surface area contributed by atoms with Gasteiger partial charge >= 0.3 is 6.09 Å². The summed E-state index contributed by atoms with van der Waals surface area (Å²) in [6, 6.07) is 4.70. The van der Waals surface area contributed by atoms with Crippen molar-refractivity contribution in [1.29, 1.82) is 0 Å². The smallest absolute Gasteiger partial charge is 0.407 e. The predicted octanol–water partition coefficient (Wildman–Crippen LogP) is 2.19. The summed E-state index contributed by atoms with van der Waals surface area (Å²) >= 11 is 0. The molecular weight excluding hydrogens is 443 g/mol. The van der Waals surface area contributed by atoms with Crippen molar-refractivity contribution < 1.29 is 28.3 Å². The molecule has 1 atom stereocenters. The van der Waals surface area contributed by atoms with Gasteiger partial charge in [-0.05, 0) is 65.7 Å². The first-order valence-corrected chi connectivity index (χ1v) is 11.2. The summed E-state index contributed by atoms with van der Waals surface area (Å²) in [6.07, 6.45) is -0.438. The zero-order valence-corrected chi connectivity index (χ0v) is 20.8. The van der Waals surface area contributed by atoms with Gasteiger partial charge in [-0.25, -0.2) is 9.18 Å². The van der Waals surface area contributed by atoms with Crippen LogP contribution in [-0.2, 0) is 25.5 Å². The standard InChI is InChI=1S/C24H37FN4O5/c1-23(2,3)29-20(31)15-18(21(32)26-13-14-27-22(33)34-24(4,5)6)28-19(30)12-9-16-7-10-17(25)11-8-16/h7-8,10-11,18H,9,12-15H2,1-6H3,(H,26,32)(H,27,33)(H,28,30)(H,29,31)/t18-/m0/s1. The molecule has 0 radical (unpaired) electrons. The van der Waals surface area contributed by atoms with Crippen LogP contribution in [0.3, 0.4) is 0 Å². The molecule has 4 N–H and O–H groups in total. The molecule has 0 unspecified atom stereocenters. The molecule has 0 heterocycles. The molecule has 0 aromatic heterocycles. The second-order valence-corrected chi connectivity index (χ2v) is 9.97. The van der Waals surface area contributed by atoms with Crippen LogP contribution in [0.2, 0.25) is 0 Å². The molecule has 190 valence electrons. The number of benzene rings is 1. The molecule has 1 rings (SSSR count). The van der Waals surface area contributed by atoms with Crippen LogP contribution in [-0.4, -0.2) is 54.1 Å². The summed E-state index contributed by atoms with van der Waals surface area (Å²) in [4.78, 5) is 49.2. The Hall–Kier alpha value is -3.17. The lowest BCUT2D eigenvalue weighted by Gasteiger charge is -2.23. The number of alkyl carbamates (subject to hydrolysis) is 1. The highest BCUT2D eigenvalue weighted by Gasteiger charge is 2.25. The predicted molar refractivity (Wildman–Crippen MR) is 126 cm³/mol. The summed E-state index contributed by atoms with van der Waals surface area (Å²) in [5.74, 6) is -1.72. The van der Waals surface area contributed by atoms with Gasteiger partial charge in [-0.2, -0.15) is 0 Å². The fourth-order valence-corrected chi connectivity index (χ4v) is 2.83. The number of hydrogen-bond acceptors (Lipinski definition) is 5. The van der Waals surface area contributed by atoms with E-state index in [9.17, 15) is 23.6 Å². The Labute approximate surface area is 200 Å². The Morgan fingerprint density at radius 3 is 2.06 bits per heavy atom. The van der Waals surface area contributed by atoms with Crippen molar-refractivity contribution in [3.8, 4) is 0 Å². The Morgan fingerprint density at radius 2 is 1.50 bits per heavy atom. The maximum Gasteiger partial charge on any atom is 0.407 e. The first-order valence-electron chi connectivity index (χ1n) is 11.2. The molecule has 0 saturated carbocycles. The lowest BCUT2D eigenvalue weighted by molar-refractivity contribution is -0.132. The second kappa shape index (κ2) is 12.9. The summed E-state index contributed by atoms with van der Waals surface area (Å²) in [5.41, 5.74) is -0.366.